The maximum atomic E-state index is 14.5. The highest BCUT2D eigenvalue weighted by Gasteiger charge is 2.49. The Morgan fingerprint density at radius 1 is 0.747 bits per heavy atom. The molecule has 446 valence electrons. The number of amides is 8. The molecule has 29 heteroatoms. The Morgan fingerprint density at radius 2 is 1.34 bits per heavy atom. The molecule has 8 amide bonds. The van der Waals surface area contributed by atoms with Crippen molar-refractivity contribution < 1.29 is 98.1 Å². The fourth-order valence-electron chi connectivity index (χ4n) is 9.99. The van der Waals surface area contributed by atoms with Gasteiger partial charge in [0.25, 0.3) is 0 Å². The number of aliphatic hydroxyl groups is 8. The van der Waals surface area contributed by atoms with E-state index in [0.717, 1.165) is 69.7 Å². The number of fused-ring (bicyclic) bond motifs is 2. The number of hydrogen-bond donors (Lipinski definition) is 16. The van der Waals surface area contributed by atoms with Crippen LogP contribution in [0, 0.1) is 11.8 Å². The van der Waals surface area contributed by atoms with Crippen LogP contribution in [0.5, 0.6) is 5.75 Å². The minimum absolute atomic E-state index is 0.102. The molecule has 28 nitrogen and oxygen atoms in total. The number of primary amides is 1. The zero-order chi connectivity index (χ0) is 59.1. The number of carbonyl (C=O) groups is 8. The summed E-state index contributed by atoms with van der Waals surface area (Å²) in [6.45, 7) is 6.62. The van der Waals surface area contributed by atoms with Crippen molar-refractivity contribution in [2.75, 3.05) is 13.1 Å². The molecule has 1 aromatic rings. The van der Waals surface area contributed by atoms with Crippen molar-refractivity contribution in [1.82, 2.24) is 36.4 Å². The highest BCUT2D eigenvalue weighted by molar-refractivity contribution is 7.46. The van der Waals surface area contributed by atoms with Crippen LogP contribution in [-0.2, 0) is 42.9 Å². The first-order valence-corrected chi connectivity index (χ1v) is 28.3. The Hall–Kier alpha value is -5.39. The Kier molecular flexibility index (Phi) is 25.5. The molecule has 3 aliphatic heterocycles. The second-order valence-corrected chi connectivity index (χ2v) is 22.3. The summed E-state index contributed by atoms with van der Waals surface area (Å²) >= 11 is 0. The second-order valence-electron chi connectivity index (χ2n) is 21.1. The Labute approximate surface area is 457 Å². The summed E-state index contributed by atoms with van der Waals surface area (Å²) in [6.07, 6.45) is -11.0. The molecule has 3 heterocycles. The molecule has 4 rings (SSSR count). The van der Waals surface area contributed by atoms with Gasteiger partial charge in [-0.05, 0) is 55.7 Å². The summed E-state index contributed by atoms with van der Waals surface area (Å²) in [5.41, 5.74) is 5.05. The predicted octanol–water partition coefficient (Wildman–Crippen LogP) is -3.58. The fraction of sp³-hybridized carbons (Fsp3) is 0.720. The average molecular weight is 1150 g/mol. The minimum atomic E-state index is -5.07. The SMILES string of the molecule is CC[C@H](C)C[C@H](C)CCCCCCCCC(=O)N[C@H]1C[C@@H](O)[C@@H](O)NC(=O)[C@@H]2[C@@H](O)CCN2C(=O)[C@H]([C@H](O)CC(N)=O)NC(=O)[C@H]([C@H](O)[C@@H](O)c2ccc(OP(=O)(O)O)cc2)NC(=O)[C@@H]2C[C@@H](O)CN2C(=O)[C@H]([C@@H](C)O)NC1=O. The van der Waals surface area contributed by atoms with Crippen molar-refractivity contribution in [3.63, 3.8) is 0 Å². The summed E-state index contributed by atoms with van der Waals surface area (Å²) in [5.74, 6) is -9.12. The van der Waals surface area contributed by atoms with E-state index in [4.69, 9.17) is 5.73 Å². The van der Waals surface area contributed by atoms with Gasteiger partial charge >= 0.3 is 7.82 Å². The van der Waals surface area contributed by atoms with Gasteiger partial charge in [0.15, 0.2) is 6.23 Å². The number of carbonyl (C=O) groups excluding carboxylic acids is 8. The van der Waals surface area contributed by atoms with Gasteiger partial charge in [-0.1, -0.05) is 77.8 Å². The van der Waals surface area contributed by atoms with Gasteiger partial charge in [0.1, 0.15) is 60.3 Å². The molecule has 17 N–H and O–H groups in total. The molecular weight excluding hydrogens is 1060 g/mol. The standard InChI is InChI=1S/C50H81N8O20P/c1-5-25(2)20-26(3)12-10-8-6-7-9-11-13-37(65)52-31-22-35(63)46(70)56-48(72)41-33(61)18-19-57(41)50(74)39(34(62)23-36(51)64)54-47(71)40(43(67)42(66)28-14-16-30(17-15-28)78-79(75,76)77)55-45(69)32-21-29(60)24-58(32)49(73)38(27(4)59)53-44(31)68/h14-17,25-27,29,31-35,38-43,46,59-63,66-67,70H,5-13,18-24H2,1-4H3,(H2,51,64)(H,52,65)(H,53,68)(H,54,71)(H,55,69)(H,56,72)(H2,75,76,77)/t25-,26+,27+,29+,31-,32-,33-,34+,35+,38-,39-,40-,41-,42-,43-,46+/m0/s1. The van der Waals surface area contributed by atoms with Crippen LogP contribution >= 0.6 is 7.82 Å². The number of nitrogens with two attached hydrogens (primary N) is 1. The lowest BCUT2D eigenvalue weighted by Crippen LogP contribution is -2.64. The molecule has 16 atom stereocenters. The summed E-state index contributed by atoms with van der Waals surface area (Å²) in [4.78, 5) is 131. The first-order chi connectivity index (χ1) is 37.0. The van der Waals surface area contributed by atoms with Crippen LogP contribution < -0.4 is 36.8 Å². The van der Waals surface area contributed by atoms with Crippen molar-refractivity contribution in [2.24, 2.45) is 17.6 Å². The van der Waals surface area contributed by atoms with Crippen LogP contribution in [0.4, 0.5) is 0 Å². The molecule has 1 aromatic carbocycles. The number of phosphoric acid groups is 1. The van der Waals surface area contributed by atoms with Crippen LogP contribution in [0.15, 0.2) is 24.3 Å². The molecular formula is C50H81N8O20P. The molecule has 0 unspecified atom stereocenters. The Morgan fingerprint density at radius 3 is 1.95 bits per heavy atom. The summed E-state index contributed by atoms with van der Waals surface area (Å²) < 4.78 is 15.9. The number of nitrogens with zero attached hydrogens (tertiary/aromatic N) is 2. The molecule has 3 fully saturated rings. The lowest BCUT2D eigenvalue weighted by Gasteiger charge is -2.34. The molecule has 0 bridgehead atoms. The van der Waals surface area contributed by atoms with Crippen LogP contribution in [-0.4, -0.2) is 200 Å². The smallest absolute Gasteiger partial charge is 0.404 e. The maximum Gasteiger partial charge on any atom is 0.524 e. The zero-order valence-electron chi connectivity index (χ0n) is 44.8. The van der Waals surface area contributed by atoms with Crippen LogP contribution in [0.2, 0.25) is 0 Å². The van der Waals surface area contributed by atoms with E-state index in [0.29, 0.717) is 34.5 Å². The first kappa shape index (κ1) is 66.1. The molecule has 0 aliphatic carbocycles. The molecule has 0 aromatic heterocycles. The summed E-state index contributed by atoms with van der Waals surface area (Å²) in [6, 6.07) is -8.37. The Balaban J connectivity index is 1.71. The normalized spacial score (nSPS) is 28.3. The van der Waals surface area contributed by atoms with Crippen molar-refractivity contribution in [3.05, 3.63) is 29.8 Å². The number of benzene rings is 1. The number of hydrogen-bond acceptors (Lipinski definition) is 18. The van der Waals surface area contributed by atoms with Crippen molar-refractivity contribution >= 4 is 55.1 Å². The number of aliphatic hydroxyl groups excluding tert-OH is 8. The van der Waals surface area contributed by atoms with Gasteiger partial charge in [-0.25, -0.2) is 4.57 Å². The van der Waals surface area contributed by atoms with Gasteiger partial charge in [0.2, 0.25) is 47.3 Å². The van der Waals surface area contributed by atoms with Crippen molar-refractivity contribution in [1.29, 1.82) is 0 Å². The van der Waals surface area contributed by atoms with E-state index >= 15 is 0 Å². The number of unbranched alkanes of at least 4 members (excludes halogenated alkanes) is 5. The van der Waals surface area contributed by atoms with E-state index < -0.39 is 178 Å². The summed E-state index contributed by atoms with van der Waals surface area (Å²) in [7, 11) is -5.07. The first-order valence-electron chi connectivity index (χ1n) is 26.7. The van der Waals surface area contributed by atoms with E-state index in [1.165, 1.54) is 6.42 Å². The van der Waals surface area contributed by atoms with E-state index in [9.17, 15) is 93.6 Å². The third-order valence-electron chi connectivity index (χ3n) is 14.5. The van der Waals surface area contributed by atoms with Gasteiger partial charge < -0.3 is 87.5 Å². The van der Waals surface area contributed by atoms with Crippen LogP contribution in [0.3, 0.4) is 0 Å². The highest BCUT2D eigenvalue weighted by Crippen LogP contribution is 2.38. The van der Waals surface area contributed by atoms with E-state index in [1.54, 1.807) is 0 Å². The van der Waals surface area contributed by atoms with E-state index in [2.05, 4.69) is 46.6 Å². The third kappa shape index (κ3) is 19.7. The average Bonchev–Trinajstić information content (AvgIpc) is 4.08. The topological polar surface area (TPSA) is 458 Å². The molecule has 0 radical (unpaired) electrons. The monoisotopic (exact) mass is 1140 g/mol. The third-order valence-corrected chi connectivity index (χ3v) is 15.0. The molecule has 3 saturated heterocycles. The molecule has 79 heavy (non-hydrogen) atoms. The number of phosphoric ester groups is 1. The predicted molar refractivity (Wildman–Crippen MR) is 276 cm³/mol. The van der Waals surface area contributed by atoms with Crippen molar-refractivity contribution in [2.45, 2.75) is 203 Å². The maximum absolute atomic E-state index is 14.5. The van der Waals surface area contributed by atoms with Gasteiger partial charge in [0, 0.05) is 32.4 Å². The molecule has 3 aliphatic rings. The molecule has 0 saturated carbocycles. The zero-order valence-corrected chi connectivity index (χ0v) is 45.7. The lowest BCUT2D eigenvalue weighted by atomic mass is 9.91. The van der Waals surface area contributed by atoms with Gasteiger partial charge in [-0.3, -0.25) is 48.1 Å². The van der Waals surface area contributed by atoms with Crippen molar-refractivity contribution in [3.8, 4) is 5.75 Å². The van der Waals surface area contributed by atoms with Gasteiger partial charge in [-0.2, -0.15) is 0 Å². The highest BCUT2D eigenvalue weighted by atomic mass is 31.2. The quantitative estimate of drug-likeness (QED) is 0.0394. The van der Waals surface area contributed by atoms with E-state index in [-0.39, 0.29) is 18.4 Å². The molecule has 0 spiro atoms. The second kappa shape index (κ2) is 30.4. The van der Waals surface area contributed by atoms with Crippen LogP contribution in [0.1, 0.15) is 129 Å². The van der Waals surface area contributed by atoms with Gasteiger partial charge in [0.05, 0.1) is 30.8 Å². The van der Waals surface area contributed by atoms with E-state index in [1.807, 2.05) is 5.32 Å². The van der Waals surface area contributed by atoms with Crippen LogP contribution in [0.25, 0.3) is 0 Å². The largest absolute Gasteiger partial charge is 0.524 e. The summed E-state index contributed by atoms with van der Waals surface area (Å²) in [5, 5.41) is 101. The minimum Gasteiger partial charge on any atom is -0.404 e. The Bertz CT molecular complexity index is 2290. The van der Waals surface area contributed by atoms with Gasteiger partial charge in [-0.15, -0.1) is 0 Å². The number of nitrogens with one attached hydrogen (secondary N) is 5. The lowest BCUT2D eigenvalue weighted by molar-refractivity contribution is -0.149. The number of rotatable bonds is 22. The fourth-order valence-corrected chi connectivity index (χ4v) is 10.4.